The van der Waals surface area contributed by atoms with E-state index in [-0.39, 0.29) is 0 Å². The molecule has 4 heteroatoms. The second-order valence-electron chi connectivity index (χ2n) is 9.25. The molecule has 0 unspecified atom stereocenters. The van der Waals surface area contributed by atoms with Gasteiger partial charge >= 0.3 is 0 Å². The summed E-state index contributed by atoms with van der Waals surface area (Å²) in [4.78, 5) is 9.78. The number of aryl methyl sites for hydroxylation is 1. The molecule has 1 radical (unpaired) electrons. The van der Waals surface area contributed by atoms with Crippen molar-refractivity contribution in [1.82, 2.24) is 14.5 Å². The van der Waals surface area contributed by atoms with Crippen molar-refractivity contribution in [3.8, 4) is 16.9 Å². The van der Waals surface area contributed by atoms with Gasteiger partial charge in [0.2, 0.25) is 0 Å². The molecule has 8 rings (SSSR count). The van der Waals surface area contributed by atoms with Crippen LogP contribution in [0, 0.1) is 6.92 Å². The Labute approximate surface area is 202 Å². The van der Waals surface area contributed by atoms with Crippen molar-refractivity contribution in [1.29, 1.82) is 0 Å². The fourth-order valence-electron chi connectivity index (χ4n) is 5.94. The van der Waals surface area contributed by atoms with Gasteiger partial charge in [-0.05, 0) is 41.5 Å². The summed E-state index contributed by atoms with van der Waals surface area (Å²) in [6, 6.07) is 34.6. The van der Waals surface area contributed by atoms with Gasteiger partial charge in [-0.25, -0.2) is 9.97 Å². The molecule has 0 atom stereocenters. The lowest BCUT2D eigenvalue weighted by Gasteiger charge is -2.15. The Kier molecular flexibility index (Phi) is 3.68. The van der Waals surface area contributed by atoms with Gasteiger partial charge < -0.3 is 0 Å². The molecule has 0 saturated heterocycles. The van der Waals surface area contributed by atoms with Crippen LogP contribution in [0.2, 0.25) is 0 Å². The Morgan fingerprint density at radius 2 is 1.34 bits per heavy atom. The molecule has 35 heavy (non-hydrogen) atoms. The summed E-state index contributed by atoms with van der Waals surface area (Å²) in [5, 5.41) is 6.14. The lowest BCUT2D eigenvalue weighted by molar-refractivity contribution is 1.01. The van der Waals surface area contributed by atoms with Crippen LogP contribution >= 0.6 is 0 Å². The molecule has 161 valence electrons. The highest BCUT2D eigenvalue weighted by Crippen LogP contribution is 2.42. The number of aromatic nitrogens is 3. The number of nitrogens with zero attached hydrogens (tertiary/aromatic N) is 3. The highest BCUT2D eigenvalue weighted by molar-refractivity contribution is 6.77. The quantitative estimate of drug-likeness (QED) is 0.299. The third-order valence-electron chi connectivity index (χ3n) is 7.30. The predicted octanol–water partition coefficient (Wildman–Crippen LogP) is 5.82. The number of rotatable bonds is 1. The number of benzene rings is 5. The smallest absolute Gasteiger partial charge is 0.193 e. The zero-order valence-electron chi connectivity index (χ0n) is 19.2. The molecular formula is C31H19BN3. The van der Waals surface area contributed by atoms with Crippen LogP contribution in [0.15, 0.2) is 97.1 Å². The molecular weight excluding hydrogens is 425 g/mol. The summed E-state index contributed by atoms with van der Waals surface area (Å²) < 4.78 is 2.38. The van der Waals surface area contributed by atoms with Crippen LogP contribution in [0.1, 0.15) is 5.82 Å². The molecule has 0 saturated carbocycles. The third kappa shape index (κ3) is 2.46. The molecule has 0 spiro atoms. The van der Waals surface area contributed by atoms with E-state index in [1.54, 1.807) is 0 Å². The van der Waals surface area contributed by atoms with Crippen LogP contribution in [0.3, 0.4) is 0 Å². The molecule has 0 amide bonds. The fraction of sp³-hybridized carbons (Fsp3) is 0.0323. The predicted molar refractivity (Wildman–Crippen MR) is 147 cm³/mol. The van der Waals surface area contributed by atoms with Crippen molar-refractivity contribution in [2.45, 2.75) is 6.92 Å². The summed E-state index contributed by atoms with van der Waals surface area (Å²) in [7, 11) is 2.35. The zero-order chi connectivity index (χ0) is 23.1. The first-order valence-electron chi connectivity index (χ1n) is 12.0. The van der Waals surface area contributed by atoms with Crippen LogP contribution in [0.5, 0.6) is 0 Å². The van der Waals surface area contributed by atoms with Gasteiger partial charge in [0.25, 0.3) is 0 Å². The van der Waals surface area contributed by atoms with Gasteiger partial charge in [0.1, 0.15) is 11.6 Å². The Hall–Kier alpha value is -4.44. The molecule has 3 heterocycles. The Balaban J connectivity index is 1.70. The molecule has 1 aliphatic rings. The molecule has 1 aliphatic heterocycles. The molecule has 0 N–H and O–H groups in total. The summed E-state index contributed by atoms with van der Waals surface area (Å²) in [5.74, 6) is 1.70. The molecule has 0 aliphatic carbocycles. The van der Waals surface area contributed by atoms with Crippen LogP contribution in [-0.4, -0.2) is 21.8 Å². The van der Waals surface area contributed by atoms with Crippen LogP contribution < -0.4 is 10.9 Å². The van der Waals surface area contributed by atoms with Crippen molar-refractivity contribution in [2.75, 3.05) is 0 Å². The summed E-state index contributed by atoms with van der Waals surface area (Å²) in [6.45, 7) is 1.98. The molecule has 5 aromatic carbocycles. The molecule has 0 fully saturated rings. The van der Waals surface area contributed by atoms with E-state index >= 15 is 0 Å². The van der Waals surface area contributed by atoms with Crippen molar-refractivity contribution in [3.05, 3.63) is 103 Å². The van der Waals surface area contributed by atoms with Crippen molar-refractivity contribution >= 4 is 61.7 Å². The van der Waals surface area contributed by atoms with E-state index in [1.165, 1.54) is 49.1 Å². The number of hydrogen-bond donors (Lipinski definition) is 0. The van der Waals surface area contributed by atoms with E-state index in [4.69, 9.17) is 9.97 Å². The van der Waals surface area contributed by atoms with E-state index in [2.05, 4.69) is 103 Å². The normalized spacial score (nSPS) is 12.4. The van der Waals surface area contributed by atoms with Gasteiger partial charge in [0.15, 0.2) is 7.28 Å². The maximum atomic E-state index is 5.05. The SMILES string of the molecule is Cc1nc(-n2c3ccccc3c3c4ccccc4c4c(c32)-c2ccccc2[B]4)c2ccccc2n1. The average Bonchev–Trinajstić information content (AvgIpc) is 3.45. The summed E-state index contributed by atoms with van der Waals surface area (Å²) >= 11 is 0. The standard InChI is InChI=1S/C31H19BN3/c1-18-33-25-16-8-5-13-22(25)31(34-18)35-26-17-9-6-14-23(26)27-19-10-2-3-11-20(19)29-28(30(27)35)21-12-4-7-15-24(21)32-29/h2-17H,1H3. The summed E-state index contributed by atoms with van der Waals surface area (Å²) in [6.07, 6.45) is 0. The van der Waals surface area contributed by atoms with Crippen LogP contribution in [0.4, 0.5) is 0 Å². The number of para-hydroxylation sites is 2. The summed E-state index contributed by atoms with van der Waals surface area (Å²) in [5.41, 5.74) is 8.45. The molecule has 3 nitrogen and oxygen atoms in total. The number of hydrogen-bond acceptors (Lipinski definition) is 2. The van der Waals surface area contributed by atoms with Crippen molar-refractivity contribution in [2.24, 2.45) is 0 Å². The van der Waals surface area contributed by atoms with E-state index in [1.807, 2.05) is 13.0 Å². The molecule has 2 aromatic heterocycles. The molecule has 7 aromatic rings. The highest BCUT2D eigenvalue weighted by Gasteiger charge is 2.29. The molecule has 0 bridgehead atoms. The maximum Gasteiger partial charge on any atom is 0.193 e. The second-order valence-corrected chi connectivity index (χ2v) is 9.25. The van der Waals surface area contributed by atoms with Crippen molar-refractivity contribution < 1.29 is 0 Å². The Bertz CT molecular complexity index is 2000. The van der Waals surface area contributed by atoms with Gasteiger partial charge in [-0.3, -0.25) is 4.57 Å². The lowest BCUT2D eigenvalue weighted by Crippen LogP contribution is -2.21. The first-order chi connectivity index (χ1) is 17.3. The van der Waals surface area contributed by atoms with E-state index in [0.29, 0.717) is 0 Å². The third-order valence-corrected chi connectivity index (χ3v) is 7.30. The zero-order valence-corrected chi connectivity index (χ0v) is 19.2. The average molecular weight is 444 g/mol. The first kappa shape index (κ1) is 18.9. The minimum Gasteiger partial charge on any atom is -0.293 e. The highest BCUT2D eigenvalue weighted by atomic mass is 15.1. The van der Waals surface area contributed by atoms with Gasteiger partial charge in [-0.15, -0.1) is 0 Å². The fourth-order valence-corrected chi connectivity index (χ4v) is 5.94. The van der Waals surface area contributed by atoms with Gasteiger partial charge in [0, 0.05) is 21.7 Å². The minimum atomic E-state index is 0.772. The van der Waals surface area contributed by atoms with E-state index in [9.17, 15) is 0 Å². The Morgan fingerprint density at radius 3 is 2.23 bits per heavy atom. The largest absolute Gasteiger partial charge is 0.293 e. The van der Waals surface area contributed by atoms with Crippen LogP contribution in [-0.2, 0) is 0 Å². The monoisotopic (exact) mass is 444 g/mol. The first-order valence-corrected chi connectivity index (χ1v) is 12.0. The second kappa shape index (κ2) is 6.80. The lowest BCUT2D eigenvalue weighted by atomic mass is 9.66. The van der Waals surface area contributed by atoms with Gasteiger partial charge in [-0.2, -0.15) is 0 Å². The minimum absolute atomic E-state index is 0.772. The van der Waals surface area contributed by atoms with Crippen molar-refractivity contribution in [3.63, 3.8) is 0 Å². The topological polar surface area (TPSA) is 30.7 Å². The Morgan fingerprint density at radius 1 is 0.657 bits per heavy atom. The van der Waals surface area contributed by atoms with E-state index < -0.39 is 0 Å². The van der Waals surface area contributed by atoms with Crippen LogP contribution in [0.25, 0.3) is 60.4 Å². The van der Waals surface area contributed by atoms with Gasteiger partial charge in [0.05, 0.1) is 16.6 Å². The number of fused-ring (bicyclic) bond motifs is 11. The van der Waals surface area contributed by atoms with E-state index in [0.717, 1.165) is 28.1 Å². The maximum absolute atomic E-state index is 5.05. The van der Waals surface area contributed by atoms with Gasteiger partial charge in [-0.1, -0.05) is 89.8 Å².